The average molecular weight is 294 g/mol. The van der Waals surface area contributed by atoms with Gasteiger partial charge in [0, 0.05) is 19.0 Å². The molecule has 0 aliphatic heterocycles. The first-order chi connectivity index (χ1) is 8.36. The number of nitrogens with two attached hydrogens (primary N) is 1. The highest BCUT2D eigenvalue weighted by atomic mass is 35.5. The second-order valence-corrected chi connectivity index (χ2v) is 5.15. The van der Waals surface area contributed by atoms with Gasteiger partial charge in [0.25, 0.3) is 0 Å². The molecule has 6 heteroatoms. The molecule has 0 aliphatic carbocycles. The van der Waals surface area contributed by atoms with Crippen molar-refractivity contribution in [1.29, 1.82) is 0 Å². The molecule has 0 radical (unpaired) electrons. The number of carbonyl (C=O) groups is 2. The van der Waals surface area contributed by atoms with Crippen LogP contribution < -0.4 is 16.4 Å². The molecule has 4 N–H and O–H groups in total. The van der Waals surface area contributed by atoms with Gasteiger partial charge < -0.3 is 16.4 Å². The number of hydrogen-bond donors (Lipinski definition) is 3. The zero-order valence-corrected chi connectivity index (χ0v) is 13.2. The minimum absolute atomic E-state index is 0. The van der Waals surface area contributed by atoms with Crippen molar-refractivity contribution in [3.8, 4) is 0 Å². The van der Waals surface area contributed by atoms with Crippen LogP contribution in [0.25, 0.3) is 0 Å². The highest BCUT2D eigenvalue weighted by Gasteiger charge is 2.14. The van der Waals surface area contributed by atoms with Crippen molar-refractivity contribution >= 4 is 24.2 Å². The van der Waals surface area contributed by atoms with Gasteiger partial charge in [-0.05, 0) is 25.7 Å². The minimum Gasteiger partial charge on any atom is -0.354 e. The summed E-state index contributed by atoms with van der Waals surface area (Å²) in [5.74, 6) is 0.168. The van der Waals surface area contributed by atoms with E-state index >= 15 is 0 Å². The van der Waals surface area contributed by atoms with Crippen molar-refractivity contribution in [1.82, 2.24) is 10.6 Å². The molecule has 0 spiro atoms. The Bertz CT molecular complexity index is 273. The maximum absolute atomic E-state index is 11.6. The molecule has 0 aromatic heterocycles. The number of halogens is 1. The topological polar surface area (TPSA) is 84.2 Å². The molecule has 0 bridgehead atoms. The lowest BCUT2D eigenvalue weighted by Gasteiger charge is -2.15. The second kappa shape index (κ2) is 11.1. The number of carbonyl (C=O) groups excluding carboxylic acids is 2. The molecule has 2 amide bonds. The molecule has 0 saturated heterocycles. The van der Waals surface area contributed by atoms with Gasteiger partial charge in [-0.25, -0.2) is 0 Å². The Morgan fingerprint density at radius 2 is 1.79 bits per heavy atom. The van der Waals surface area contributed by atoms with Crippen LogP contribution in [0.5, 0.6) is 0 Å². The van der Waals surface area contributed by atoms with E-state index in [0.29, 0.717) is 25.3 Å². The van der Waals surface area contributed by atoms with Crippen LogP contribution in [0.2, 0.25) is 0 Å². The van der Waals surface area contributed by atoms with Gasteiger partial charge >= 0.3 is 0 Å². The summed E-state index contributed by atoms with van der Waals surface area (Å²) in [5.41, 5.74) is 5.72. The van der Waals surface area contributed by atoms with Crippen LogP contribution in [0, 0.1) is 5.92 Å². The molecule has 0 aliphatic rings. The smallest absolute Gasteiger partial charge is 0.236 e. The predicted octanol–water partition coefficient (Wildman–Crippen LogP) is 1.20. The summed E-state index contributed by atoms with van der Waals surface area (Å²) >= 11 is 0. The third-order valence-electron chi connectivity index (χ3n) is 2.73. The average Bonchev–Trinajstić information content (AvgIpc) is 2.27. The SMILES string of the molecule is CCC(C)NC(=O)CCNC(=O)[C@@H](N)CC(C)C.Cl. The summed E-state index contributed by atoms with van der Waals surface area (Å²) in [6.07, 6.45) is 1.85. The molecule has 0 aromatic rings. The normalized spacial score (nSPS) is 13.4. The highest BCUT2D eigenvalue weighted by molar-refractivity contribution is 5.85. The summed E-state index contributed by atoms with van der Waals surface area (Å²) in [4.78, 5) is 23.0. The van der Waals surface area contributed by atoms with E-state index in [4.69, 9.17) is 5.73 Å². The first-order valence-electron chi connectivity index (χ1n) is 6.69. The summed E-state index contributed by atoms with van der Waals surface area (Å²) in [7, 11) is 0. The molecule has 0 heterocycles. The van der Waals surface area contributed by atoms with Gasteiger partial charge in [0.05, 0.1) is 6.04 Å². The Morgan fingerprint density at radius 3 is 2.26 bits per heavy atom. The Hall–Kier alpha value is -0.810. The van der Waals surface area contributed by atoms with Crippen LogP contribution in [0.4, 0.5) is 0 Å². The fourth-order valence-electron chi connectivity index (χ4n) is 1.49. The fraction of sp³-hybridized carbons (Fsp3) is 0.846. The van der Waals surface area contributed by atoms with E-state index in [9.17, 15) is 9.59 Å². The molecule has 2 atom stereocenters. The van der Waals surface area contributed by atoms with E-state index in [1.165, 1.54) is 0 Å². The van der Waals surface area contributed by atoms with E-state index in [2.05, 4.69) is 10.6 Å². The fourth-order valence-corrected chi connectivity index (χ4v) is 1.49. The maximum Gasteiger partial charge on any atom is 0.236 e. The number of rotatable bonds is 8. The van der Waals surface area contributed by atoms with Crippen LogP contribution in [-0.4, -0.2) is 30.4 Å². The van der Waals surface area contributed by atoms with E-state index in [0.717, 1.165) is 6.42 Å². The molecule has 114 valence electrons. The van der Waals surface area contributed by atoms with E-state index in [1.54, 1.807) is 0 Å². The Kier molecular flexibility index (Phi) is 11.9. The van der Waals surface area contributed by atoms with E-state index in [-0.39, 0.29) is 30.3 Å². The highest BCUT2D eigenvalue weighted by Crippen LogP contribution is 2.02. The first kappa shape index (κ1) is 20.5. The Morgan fingerprint density at radius 1 is 1.21 bits per heavy atom. The molecular formula is C13H28ClN3O2. The summed E-state index contributed by atoms with van der Waals surface area (Å²) in [6, 6.07) is -0.306. The molecule has 5 nitrogen and oxygen atoms in total. The van der Waals surface area contributed by atoms with Gasteiger partial charge in [-0.1, -0.05) is 20.8 Å². The Labute approximate surface area is 122 Å². The van der Waals surface area contributed by atoms with Crippen LogP contribution in [-0.2, 0) is 9.59 Å². The van der Waals surface area contributed by atoms with Crippen LogP contribution >= 0.6 is 12.4 Å². The molecular weight excluding hydrogens is 266 g/mol. The van der Waals surface area contributed by atoms with E-state index < -0.39 is 6.04 Å². The molecule has 0 aromatic carbocycles. The minimum atomic E-state index is -0.484. The van der Waals surface area contributed by atoms with Gasteiger partial charge in [0.1, 0.15) is 0 Å². The second-order valence-electron chi connectivity index (χ2n) is 5.15. The predicted molar refractivity (Wildman–Crippen MR) is 80.2 cm³/mol. The lowest BCUT2D eigenvalue weighted by atomic mass is 10.0. The van der Waals surface area contributed by atoms with Crippen LogP contribution in [0.1, 0.15) is 47.0 Å². The summed E-state index contributed by atoms with van der Waals surface area (Å²) < 4.78 is 0. The number of amides is 2. The van der Waals surface area contributed by atoms with Crippen LogP contribution in [0.15, 0.2) is 0 Å². The van der Waals surface area contributed by atoms with Crippen molar-refractivity contribution in [2.45, 2.75) is 59.0 Å². The maximum atomic E-state index is 11.6. The monoisotopic (exact) mass is 293 g/mol. The van der Waals surface area contributed by atoms with Crippen molar-refractivity contribution in [3.63, 3.8) is 0 Å². The lowest BCUT2D eigenvalue weighted by molar-refractivity contribution is -0.123. The van der Waals surface area contributed by atoms with Gasteiger partial charge in [-0.15, -0.1) is 12.4 Å². The first-order valence-corrected chi connectivity index (χ1v) is 6.69. The number of hydrogen-bond acceptors (Lipinski definition) is 3. The number of nitrogens with one attached hydrogen (secondary N) is 2. The third kappa shape index (κ3) is 10.8. The van der Waals surface area contributed by atoms with Crippen LogP contribution in [0.3, 0.4) is 0 Å². The molecule has 1 unspecified atom stereocenters. The summed E-state index contributed by atoms with van der Waals surface area (Å²) in [5, 5.41) is 5.53. The van der Waals surface area contributed by atoms with Crippen molar-refractivity contribution in [2.24, 2.45) is 11.7 Å². The largest absolute Gasteiger partial charge is 0.354 e. The standard InChI is InChI=1S/C13H27N3O2.ClH/c1-5-10(4)16-12(17)6-7-15-13(18)11(14)8-9(2)3;/h9-11H,5-8,14H2,1-4H3,(H,15,18)(H,16,17);1H/t10?,11-;/m0./s1. The van der Waals surface area contributed by atoms with Gasteiger partial charge in [-0.2, -0.15) is 0 Å². The van der Waals surface area contributed by atoms with Crippen molar-refractivity contribution in [3.05, 3.63) is 0 Å². The van der Waals surface area contributed by atoms with Crippen molar-refractivity contribution in [2.75, 3.05) is 6.54 Å². The lowest BCUT2D eigenvalue weighted by Crippen LogP contribution is -2.43. The van der Waals surface area contributed by atoms with Gasteiger partial charge in [0.2, 0.25) is 11.8 Å². The molecule has 0 rings (SSSR count). The van der Waals surface area contributed by atoms with Crippen molar-refractivity contribution < 1.29 is 9.59 Å². The zero-order chi connectivity index (χ0) is 14.1. The van der Waals surface area contributed by atoms with Gasteiger partial charge in [-0.3, -0.25) is 9.59 Å². The summed E-state index contributed by atoms with van der Waals surface area (Å²) in [6.45, 7) is 8.35. The zero-order valence-electron chi connectivity index (χ0n) is 12.4. The quantitative estimate of drug-likeness (QED) is 0.629. The molecule has 0 saturated carbocycles. The van der Waals surface area contributed by atoms with Gasteiger partial charge in [0.15, 0.2) is 0 Å². The Balaban J connectivity index is 0. The van der Waals surface area contributed by atoms with E-state index in [1.807, 2.05) is 27.7 Å². The molecule has 0 fully saturated rings. The molecule has 19 heavy (non-hydrogen) atoms. The third-order valence-corrected chi connectivity index (χ3v) is 2.73.